The molecule has 1 amide bonds. The number of hydrogen-bond donors (Lipinski definition) is 2. The Morgan fingerprint density at radius 2 is 2.23 bits per heavy atom. The number of tetrazole rings is 1. The van der Waals surface area contributed by atoms with Gasteiger partial charge in [-0.15, -0.1) is 10.2 Å². The van der Waals surface area contributed by atoms with Crippen LogP contribution in [0.15, 0.2) is 34.8 Å². The average molecular weight is 362 g/mol. The lowest BCUT2D eigenvalue weighted by atomic mass is 10.1. The van der Waals surface area contributed by atoms with Crippen LogP contribution in [0.4, 0.5) is 0 Å². The summed E-state index contributed by atoms with van der Waals surface area (Å²) in [6.07, 6.45) is 0.689. The molecule has 0 fully saturated rings. The van der Waals surface area contributed by atoms with Crippen molar-refractivity contribution in [3.8, 4) is 5.75 Å². The van der Waals surface area contributed by atoms with Crippen molar-refractivity contribution in [3.63, 3.8) is 0 Å². The zero-order valence-electron chi connectivity index (χ0n) is 11.4. The maximum absolute atomic E-state index is 10.4. The zero-order valence-corrected chi connectivity index (χ0v) is 13.0. The van der Waals surface area contributed by atoms with Crippen LogP contribution in [0.2, 0.25) is 0 Å². The second-order valence-corrected chi connectivity index (χ2v) is 5.34. The summed E-state index contributed by atoms with van der Waals surface area (Å²) in [5.41, 5.74) is 1.03. The van der Waals surface area contributed by atoms with E-state index in [1.54, 1.807) is 0 Å². The number of hydrogen-bond acceptors (Lipinski definition) is 5. The van der Waals surface area contributed by atoms with Gasteiger partial charge in [0, 0.05) is 6.54 Å². The van der Waals surface area contributed by atoms with E-state index in [2.05, 4.69) is 41.9 Å². The Hall–Kier alpha value is -2.48. The molecule has 3 rings (SSSR count). The standard InChI is InChI=1S/C14H12BrN5O2/c15-14-11-3-1-9(6-16-8-21)5-10(11)2-4-12(14)22-7-13-17-19-20-18-13/h1-5,8H,6-7H2,(H,16,21)(H,17,18,19,20). The molecule has 112 valence electrons. The molecule has 0 bridgehead atoms. The SMILES string of the molecule is O=CNCc1ccc2c(Br)c(OCc3nn[nH]n3)ccc2c1. The molecule has 22 heavy (non-hydrogen) atoms. The number of carbonyl (C=O) groups excluding carboxylic acids is 1. The van der Waals surface area contributed by atoms with Gasteiger partial charge in [-0.25, -0.2) is 0 Å². The van der Waals surface area contributed by atoms with E-state index < -0.39 is 0 Å². The normalized spacial score (nSPS) is 10.6. The minimum absolute atomic E-state index is 0.238. The third-order valence-corrected chi connectivity index (χ3v) is 3.94. The molecule has 8 heteroatoms. The van der Waals surface area contributed by atoms with Gasteiger partial charge in [0.2, 0.25) is 12.2 Å². The summed E-state index contributed by atoms with van der Waals surface area (Å²) < 4.78 is 6.56. The number of H-pyrrole nitrogens is 1. The van der Waals surface area contributed by atoms with Gasteiger partial charge in [0.1, 0.15) is 5.75 Å². The van der Waals surface area contributed by atoms with Crippen molar-refractivity contribution in [2.75, 3.05) is 0 Å². The van der Waals surface area contributed by atoms with E-state index in [-0.39, 0.29) is 6.61 Å². The molecule has 0 aliphatic heterocycles. The van der Waals surface area contributed by atoms with Gasteiger partial charge in [-0.05, 0) is 44.4 Å². The molecule has 3 aromatic rings. The van der Waals surface area contributed by atoms with Crippen LogP contribution in [-0.2, 0) is 17.9 Å². The first-order valence-corrected chi connectivity index (χ1v) is 7.30. The van der Waals surface area contributed by atoms with Crippen LogP contribution in [0.1, 0.15) is 11.4 Å². The minimum atomic E-state index is 0.238. The van der Waals surface area contributed by atoms with Crippen molar-refractivity contribution < 1.29 is 9.53 Å². The number of nitrogens with zero attached hydrogens (tertiary/aromatic N) is 3. The number of fused-ring (bicyclic) bond motifs is 1. The first kappa shape index (κ1) is 14.5. The summed E-state index contributed by atoms with van der Waals surface area (Å²) in [6.45, 7) is 0.745. The Kier molecular flexibility index (Phi) is 4.29. The molecule has 0 spiro atoms. The third-order valence-electron chi connectivity index (χ3n) is 3.12. The maximum atomic E-state index is 10.4. The fourth-order valence-corrected chi connectivity index (χ4v) is 2.70. The summed E-state index contributed by atoms with van der Waals surface area (Å²) in [7, 11) is 0. The number of nitrogens with one attached hydrogen (secondary N) is 2. The van der Waals surface area contributed by atoms with Gasteiger partial charge in [0.15, 0.2) is 6.61 Å². The van der Waals surface area contributed by atoms with Gasteiger partial charge < -0.3 is 10.1 Å². The number of rotatable bonds is 6. The van der Waals surface area contributed by atoms with Crippen LogP contribution in [0.3, 0.4) is 0 Å². The molecule has 7 nitrogen and oxygen atoms in total. The highest BCUT2D eigenvalue weighted by Crippen LogP contribution is 2.33. The monoisotopic (exact) mass is 361 g/mol. The molecule has 0 aliphatic rings. The van der Waals surface area contributed by atoms with E-state index in [9.17, 15) is 4.79 Å². The average Bonchev–Trinajstić information content (AvgIpc) is 3.05. The minimum Gasteiger partial charge on any atom is -0.484 e. The molecule has 1 aromatic heterocycles. The highest BCUT2D eigenvalue weighted by Gasteiger charge is 2.08. The van der Waals surface area contributed by atoms with Crippen molar-refractivity contribution in [2.24, 2.45) is 0 Å². The largest absolute Gasteiger partial charge is 0.484 e. The Morgan fingerprint density at radius 3 is 3.00 bits per heavy atom. The van der Waals surface area contributed by atoms with Crippen LogP contribution in [0.5, 0.6) is 5.75 Å². The number of ether oxygens (including phenoxy) is 1. The smallest absolute Gasteiger partial charge is 0.211 e. The summed E-state index contributed by atoms with van der Waals surface area (Å²) >= 11 is 3.56. The van der Waals surface area contributed by atoms with Crippen molar-refractivity contribution in [3.05, 3.63) is 46.2 Å². The Balaban J connectivity index is 1.84. The predicted molar refractivity (Wildman–Crippen MR) is 83.1 cm³/mol. The topological polar surface area (TPSA) is 92.8 Å². The molecule has 0 aliphatic carbocycles. The highest BCUT2D eigenvalue weighted by atomic mass is 79.9. The molecule has 0 saturated carbocycles. The molecule has 0 atom stereocenters. The molecule has 1 heterocycles. The second kappa shape index (κ2) is 6.52. The first-order chi connectivity index (χ1) is 10.8. The zero-order chi connectivity index (χ0) is 15.4. The van der Waals surface area contributed by atoms with Crippen LogP contribution in [-0.4, -0.2) is 27.0 Å². The summed E-state index contributed by atoms with van der Waals surface area (Å²) in [5.74, 6) is 1.19. The predicted octanol–water partition coefficient (Wildman–Crippen LogP) is 1.94. The number of halogens is 1. The maximum Gasteiger partial charge on any atom is 0.211 e. The van der Waals surface area contributed by atoms with Gasteiger partial charge in [0.25, 0.3) is 0 Å². The van der Waals surface area contributed by atoms with Crippen LogP contribution in [0, 0.1) is 0 Å². The van der Waals surface area contributed by atoms with Crippen LogP contribution < -0.4 is 10.1 Å². The van der Waals surface area contributed by atoms with Crippen LogP contribution in [0.25, 0.3) is 10.8 Å². The molecule has 2 N–H and O–H groups in total. The lowest BCUT2D eigenvalue weighted by Gasteiger charge is -2.10. The molecule has 0 saturated heterocycles. The number of amides is 1. The highest BCUT2D eigenvalue weighted by molar-refractivity contribution is 9.10. The Morgan fingerprint density at radius 1 is 1.32 bits per heavy atom. The molecule has 2 aromatic carbocycles. The van der Waals surface area contributed by atoms with Crippen molar-refractivity contribution in [2.45, 2.75) is 13.2 Å². The number of aromatic amines is 1. The van der Waals surface area contributed by atoms with Crippen LogP contribution >= 0.6 is 15.9 Å². The van der Waals surface area contributed by atoms with E-state index >= 15 is 0 Å². The van der Waals surface area contributed by atoms with Crippen molar-refractivity contribution in [1.82, 2.24) is 25.9 Å². The molecule has 0 radical (unpaired) electrons. The lowest BCUT2D eigenvalue weighted by Crippen LogP contribution is -2.09. The number of carbonyl (C=O) groups is 1. The van der Waals surface area contributed by atoms with Gasteiger partial charge in [-0.2, -0.15) is 5.21 Å². The quantitative estimate of drug-likeness (QED) is 0.654. The van der Waals surface area contributed by atoms with Gasteiger partial charge in [0.05, 0.1) is 4.47 Å². The van der Waals surface area contributed by atoms with E-state index in [0.29, 0.717) is 24.5 Å². The fraction of sp³-hybridized carbons (Fsp3) is 0.143. The van der Waals surface area contributed by atoms with E-state index in [1.807, 2.05) is 30.3 Å². The molecular weight excluding hydrogens is 350 g/mol. The molecular formula is C14H12BrN5O2. The number of benzene rings is 2. The third kappa shape index (κ3) is 3.06. The van der Waals surface area contributed by atoms with Gasteiger partial charge >= 0.3 is 0 Å². The summed E-state index contributed by atoms with van der Waals surface area (Å²) in [6, 6.07) is 9.83. The molecule has 0 unspecified atom stereocenters. The number of aromatic nitrogens is 4. The van der Waals surface area contributed by atoms with E-state index in [4.69, 9.17) is 4.74 Å². The Labute approximate surface area is 134 Å². The van der Waals surface area contributed by atoms with Gasteiger partial charge in [-0.1, -0.05) is 23.4 Å². The van der Waals surface area contributed by atoms with E-state index in [1.165, 1.54) is 0 Å². The summed E-state index contributed by atoms with van der Waals surface area (Å²) in [4.78, 5) is 10.4. The second-order valence-electron chi connectivity index (χ2n) is 4.55. The van der Waals surface area contributed by atoms with E-state index in [0.717, 1.165) is 20.8 Å². The van der Waals surface area contributed by atoms with Gasteiger partial charge in [-0.3, -0.25) is 4.79 Å². The van der Waals surface area contributed by atoms with Crippen molar-refractivity contribution >= 4 is 33.1 Å². The Bertz CT molecular complexity index is 791. The first-order valence-electron chi connectivity index (χ1n) is 6.51. The summed E-state index contributed by atoms with van der Waals surface area (Å²) in [5, 5.41) is 18.3. The fourth-order valence-electron chi connectivity index (χ4n) is 2.09. The van der Waals surface area contributed by atoms with Crippen molar-refractivity contribution in [1.29, 1.82) is 0 Å². The lowest BCUT2D eigenvalue weighted by molar-refractivity contribution is -0.109.